The molecule has 6 nitrogen and oxygen atoms in total. The van der Waals surface area contributed by atoms with E-state index in [-0.39, 0.29) is 41.2 Å². The first-order chi connectivity index (χ1) is 15.4. The molecule has 1 heterocycles. The van der Waals surface area contributed by atoms with Crippen molar-refractivity contribution < 1.29 is 28.2 Å². The Balaban J connectivity index is 1.75. The molecule has 0 aliphatic heterocycles. The van der Waals surface area contributed by atoms with Crippen LogP contribution in [0.1, 0.15) is 47.1 Å². The van der Waals surface area contributed by atoms with Gasteiger partial charge in [0.15, 0.2) is 11.5 Å². The number of nitrogens with zero attached hydrogens (tertiary/aromatic N) is 1. The van der Waals surface area contributed by atoms with Gasteiger partial charge in [0.25, 0.3) is 5.89 Å². The number of fused-ring (bicyclic) bond motifs is 1. The first kappa shape index (κ1) is 21.4. The lowest BCUT2D eigenvalue weighted by molar-refractivity contribution is 0.0951. The summed E-state index contributed by atoms with van der Waals surface area (Å²) >= 11 is 0. The number of rotatable bonds is 7. The van der Waals surface area contributed by atoms with Crippen molar-refractivity contribution >= 4 is 23.0 Å². The highest BCUT2D eigenvalue weighted by Crippen LogP contribution is 2.45. The summed E-state index contributed by atoms with van der Waals surface area (Å²) in [5.41, 5.74) is 5.10. The molecule has 0 bridgehead atoms. The number of oxazole rings is 1. The van der Waals surface area contributed by atoms with E-state index in [9.17, 15) is 14.3 Å². The van der Waals surface area contributed by atoms with Crippen molar-refractivity contribution in [3.05, 3.63) is 76.8 Å². The Morgan fingerprint density at radius 1 is 1.16 bits per heavy atom. The smallest absolute Gasteiger partial charge is 0.263 e. The number of carbonyl (C=O) groups is 1. The standard InChI is InChI=1S/C25H22FNO5/c1-14-17(6-7-21(28)25-27-8-9-32-25)20-13-16(26)4-5-18(20)19(14)10-15-11-22(30-2)24(29)23(12-15)31-3/h4-5,8-13,29H,6-7H2,1-3H3. The highest BCUT2D eigenvalue weighted by molar-refractivity contribution is 6.06. The largest absolute Gasteiger partial charge is 0.502 e. The number of allylic oxidation sites excluding steroid dienone is 3. The molecule has 164 valence electrons. The molecule has 0 atom stereocenters. The number of aromatic hydroxyl groups is 1. The van der Waals surface area contributed by atoms with Gasteiger partial charge >= 0.3 is 0 Å². The Morgan fingerprint density at radius 3 is 2.50 bits per heavy atom. The summed E-state index contributed by atoms with van der Waals surface area (Å²) in [4.78, 5) is 16.3. The van der Waals surface area contributed by atoms with E-state index < -0.39 is 0 Å². The summed E-state index contributed by atoms with van der Waals surface area (Å²) in [6, 6.07) is 8.04. The monoisotopic (exact) mass is 435 g/mol. The lowest BCUT2D eigenvalue weighted by Crippen LogP contribution is -2.00. The molecule has 0 radical (unpaired) electrons. The second-order valence-electron chi connectivity index (χ2n) is 7.39. The molecule has 0 spiro atoms. The predicted molar refractivity (Wildman–Crippen MR) is 118 cm³/mol. The minimum Gasteiger partial charge on any atom is -0.502 e. The van der Waals surface area contributed by atoms with Crippen LogP contribution in [-0.4, -0.2) is 30.1 Å². The quantitative estimate of drug-likeness (QED) is 0.492. The zero-order chi connectivity index (χ0) is 22.8. The van der Waals surface area contributed by atoms with Crippen LogP contribution in [0.2, 0.25) is 0 Å². The zero-order valence-corrected chi connectivity index (χ0v) is 17.9. The molecule has 4 rings (SSSR count). The van der Waals surface area contributed by atoms with Gasteiger partial charge in [0.1, 0.15) is 12.1 Å². The first-order valence-corrected chi connectivity index (χ1v) is 10.0. The number of hydrogen-bond donors (Lipinski definition) is 1. The van der Waals surface area contributed by atoms with Gasteiger partial charge in [-0.05, 0) is 77.1 Å². The van der Waals surface area contributed by atoms with Crippen LogP contribution in [0.4, 0.5) is 4.39 Å². The fraction of sp³-hybridized carbons (Fsp3) is 0.200. The number of carbonyl (C=O) groups excluding carboxylic acids is 1. The van der Waals surface area contributed by atoms with Crippen molar-refractivity contribution in [1.82, 2.24) is 4.98 Å². The van der Waals surface area contributed by atoms with E-state index in [2.05, 4.69) is 4.98 Å². The second-order valence-corrected chi connectivity index (χ2v) is 7.39. The Bertz CT molecular complexity index is 1220. The zero-order valence-electron chi connectivity index (χ0n) is 17.9. The van der Waals surface area contributed by atoms with Gasteiger partial charge in [-0.25, -0.2) is 9.37 Å². The van der Waals surface area contributed by atoms with Crippen LogP contribution in [0, 0.1) is 5.82 Å². The van der Waals surface area contributed by atoms with Crippen LogP contribution in [0.15, 0.2) is 52.8 Å². The number of ether oxygens (including phenoxy) is 2. The van der Waals surface area contributed by atoms with Crippen LogP contribution in [-0.2, 0) is 0 Å². The lowest BCUT2D eigenvalue weighted by Gasteiger charge is -2.11. The summed E-state index contributed by atoms with van der Waals surface area (Å²) in [6.07, 6.45) is 5.33. The molecule has 32 heavy (non-hydrogen) atoms. The maximum absolute atomic E-state index is 14.1. The van der Waals surface area contributed by atoms with Gasteiger partial charge in [0, 0.05) is 6.42 Å². The molecule has 1 aliphatic carbocycles. The average molecular weight is 435 g/mol. The van der Waals surface area contributed by atoms with Gasteiger partial charge in [-0.2, -0.15) is 0 Å². The predicted octanol–water partition coefficient (Wildman–Crippen LogP) is 5.53. The Labute approximate surface area is 184 Å². The maximum Gasteiger partial charge on any atom is 0.263 e. The molecule has 0 saturated heterocycles. The number of halogens is 1. The molecule has 7 heteroatoms. The molecule has 0 fully saturated rings. The molecule has 0 saturated carbocycles. The minimum atomic E-state index is -0.345. The average Bonchev–Trinajstić information content (AvgIpc) is 3.41. The van der Waals surface area contributed by atoms with Crippen LogP contribution in [0.5, 0.6) is 17.2 Å². The van der Waals surface area contributed by atoms with E-state index in [1.54, 1.807) is 18.2 Å². The lowest BCUT2D eigenvalue weighted by atomic mass is 9.99. The summed E-state index contributed by atoms with van der Waals surface area (Å²) in [7, 11) is 2.93. The highest BCUT2D eigenvalue weighted by Gasteiger charge is 2.25. The Kier molecular flexibility index (Phi) is 5.81. The van der Waals surface area contributed by atoms with Gasteiger partial charge in [0.2, 0.25) is 11.5 Å². The third-order valence-electron chi connectivity index (χ3n) is 5.54. The van der Waals surface area contributed by atoms with Crippen molar-refractivity contribution in [1.29, 1.82) is 0 Å². The molecule has 0 unspecified atom stereocenters. The topological polar surface area (TPSA) is 81.8 Å². The highest BCUT2D eigenvalue weighted by atomic mass is 19.1. The van der Waals surface area contributed by atoms with Gasteiger partial charge in [-0.15, -0.1) is 0 Å². The maximum atomic E-state index is 14.1. The molecular formula is C25H22FNO5. The van der Waals surface area contributed by atoms with Crippen LogP contribution >= 0.6 is 0 Å². The third-order valence-corrected chi connectivity index (χ3v) is 5.54. The first-order valence-electron chi connectivity index (χ1n) is 10.0. The number of aromatic nitrogens is 1. The van der Waals surface area contributed by atoms with E-state index in [1.165, 1.54) is 38.8 Å². The number of methoxy groups -OCH3 is 2. The molecule has 1 N–H and O–H groups in total. The minimum absolute atomic E-state index is 0.0692. The van der Waals surface area contributed by atoms with Crippen molar-refractivity contribution in [2.75, 3.05) is 14.2 Å². The van der Waals surface area contributed by atoms with Crippen molar-refractivity contribution in [2.45, 2.75) is 19.8 Å². The number of phenolic OH excluding ortho intramolecular Hbond substituents is 1. The summed E-state index contributed by atoms with van der Waals surface area (Å²) in [6.45, 7) is 1.95. The van der Waals surface area contributed by atoms with E-state index >= 15 is 0 Å². The molecule has 0 amide bonds. The van der Waals surface area contributed by atoms with Gasteiger partial charge in [-0.3, -0.25) is 4.79 Å². The van der Waals surface area contributed by atoms with Gasteiger partial charge < -0.3 is 19.0 Å². The van der Waals surface area contributed by atoms with Gasteiger partial charge in [-0.1, -0.05) is 6.07 Å². The number of hydrogen-bond acceptors (Lipinski definition) is 6. The van der Waals surface area contributed by atoms with Crippen LogP contribution in [0.3, 0.4) is 0 Å². The number of ketones is 1. The Morgan fingerprint density at radius 2 is 1.88 bits per heavy atom. The summed E-state index contributed by atoms with van der Waals surface area (Å²) in [5, 5.41) is 10.2. The Hall–Kier alpha value is -3.87. The summed E-state index contributed by atoms with van der Waals surface area (Å²) in [5.74, 6) is 0.00338. The van der Waals surface area contributed by atoms with Crippen molar-refractivity contribution in [2.24, 2.45) is 0 Å². The molecule has 2 aromatic carbocycles. The molecule has 3 aromatic rings. The fourth-order valence-corrected chi connectivity index (χ4v) is 3.95. The van der Waals surface area contributed by atoms with E-state index in [0.29, 0.717) is 6.42 Å². The second kappa shape index (κ2) is 8.70. The molecular weight excluding hydrogens is 413 g/mol. The van der Waals surface area contributed by atoms with Crippen LogP contribution < -0.4 is 9.47 Å². The SMILES string of the molecule is COc1cc(C=C2C(C)=C(CCC(=O)c3ncco3)c3cc(F)ccc32)cc(OC)c1O. The molecule has 1 aromatic heterocycles. The number of Topliss-reactive ketones (excluding diaryl/α,β-unsaturated/α-hetero) is 1. The normalized spacial score (nSPS) is 14.1. The third kappa shape index (κ3) is 3.89. The summed E-state index contributed by atoms with van der Waals surface area (Å²) < 4.78 is 29.7. The fourth-order valence-electron chi connectivity index (χ4n) is 3.95. The number of phenols is 1. The van der Waals surface area contributed by atoms with Crippen molar-refractivity contribution in [3.63, 3.8) is 0 Å². The van der Waals surface area contributed by atoms with E-state index in [0.717, 1.165) is 33.4 Å². The van der Waals surface area contributed by atoms with E-state index in [4.69, 9.17) is 13.9 Å². The van der Waals surface area contributed by atoms with Crippen molar-refractivity contribution in [3.8, 4) is 17.2 Å². The van der Waals surface area contributed by atoms with Gasteiger partial charge in [0.05, 0.1) is 20.4 Å². The molecule has 1 aliphatic rings. The van der Waals surface area contributed by atoms with E-state index in [1.807, 2.05) is 13.0 Å². The number of benzene rings is 2. The van der Waals surface area contributed by atoms with Crippen LogP contribution in [0.25, 0.3) is 17.2 Å².